The summed E-state index contributed by atoms with van der Waals surface area (Å²) in [7, 11) is 0. The maximum absolute atomic E-state index is 11.1. The third-order valence-corrected chi connectivity index (χ3v) is 1.62. The van der Waals surface area contributed by atoms with Gasteiger partial charge in [0.25, 0.3) is 0 Å². The number of aliphatic hydroxyl groups excluding tert-OH is 2. The second-order valence-electron chi connectivity index (χ2n) is 2.87. The Hall–Kier alpha value is -0.650. The molecule has 0 rings (SSSR count). The predicted octanol–water partition coefficient (Wildman–Crippen LogP) is -0.726. The van der Waals surface area contributed by atoms with Gasteiger partial charge in [-0.2, -0.15) is 0 Å². The Bertz CT molecular complexity index is 141. The first kappa shape index (κ1) is 13.4. The molecule has 0 saturated heterocycles. The number of carbonyl (C=O) groups excluding carboxylic acids is 1. The predicted molar refractivity (Wildman–Crippen MR) is 51.9 cm³/mol. The van der Waals surface area contributed by atoms with Crippen LogP contribution in [0.2, 0.25) is 0 Å². The van der Waals surface area contributed by atoms with E-state index < -0.39 is 0 Å². The van der Waals surface area contributed by atoms with Gasteiger partial charge in [0.05, 0.1) is 19.8 Å². The average molecular weight is 205 g/mol. The van der Waals surface area contributed by atoms with Crippen LogP contribution in [-0.2, 0) is 9.53 Å². The van der Waals surface area contributed by atoms with Crippen molar-refractivity contribution < 1.29 is 19.7 Å². The molecule has 5 heteroatoms. The summed E-state index contributed by atoms with van der Waals surface area (Å²) in [6, 6.07) is 0. The fourth-order valence-corrected chi connectivity index (χ4v) is 0.915. The van der Waals surface area contributed by atoms with Gasteiger partial charge in [0.15, 0.2) is 0 Å². The van der Waals surface area contributed by atoms with E-state index in [1.807, 2.05) is 0 Å². The van der Waals surface area contributed by atoms with E-state index in [1.165, 1.54) is 0 Å². The molecule has 0 aliphatic heterocycles. The zero-order valence-electron chi connectivity index (χ0n) is 8.37. The summed E-state index contributed by atoms with van der Waals surface area (Å²) in [6.07, 6.45) is 1.81. The minimum Gasteiger partial charge on any atom is -0.396 e. The average Bonchev–Trinajstić information content (AvgIpc) is 2.18. The number of nitrogens with one attached hydrogen (secondary N) is 1. The third-order valence-electron chi connectivity index (χ3n) is 1.62. The lowest BCUT2D eigenvalue weighted by atomic mass is 10.2. The molecule has 1 amide bonds. The van der Waals surface area contributed by atoms with Crippen molar-refractivity contribution in [2.24, 2.45) is 0 Å². The minimum absolute atomic E-state index is 0.00441. The van der Waals surface area contributed by atoms with Crippen LogP contribution in [0.5, 0.6) is 0 Å². The van der Waals surface area contributed by atoms with E-state index in [-0.39, 0.29) is 19.1 Å². The molecule has 0 fully saturated rings. The van der Waals surface area contributed by atoms with Gasteiger partial charge in [0.1, 0.15) is 0 Å². The van der Waals surface area contributed by atoms with Gasteiger partial charge in [-0.25, -0.2) is 0 Å². The molecule has 0 aromatic heterocycles. The summed E-state index contributed by atoms with van der Waals surface area (Å²) in [6.45, 7) is 1.34. The van der Waals surface area contributed by atoms with Gasteiger partial charge in [0, 0.05) is 19.6 Å². The molecule has 0 aromatic rings. The molecule has 84 valence electrons. The second-order valence-corrected chi connectivity index (χ2v) is 2.87. The van der Waals surface area contributed by atoms with Crippen LogP contribution < -0.4 is 5.32 Å². The van der Waals surface area contributed by atoms with E-state index in [0.29, 0.717) is 39.0 Å². The van der Waals surface area contributed by atoms with Crippen molar-refractivity contribution in [1.82, 2.24) is 5.32 Å². The number of aliphatic hydroxyl groups is 2. The SMILES string of the molecule is O=C(CCCCO)NCCOCCO. The quantitative estimate of drug-likeness (QED) is 0.434. The number of hydrogen-bond donors (Lipinski definition) is 3. The molecule has 0 heterocycles. The first-order valence-electron chi connectivity index (χ1n) is 4.87. The monoisotopic (exact) mass is 205 g/mol. The maximum atomic E-state index is 11.1. The summed E-state index contributed by atoms with van der Waals surface area (Å²) >= 11 is 0. The standard InChI is InChI=1S/C9H19NO4/c11-5-2-1-3-9(13)10-4-7-14-8-6-12/h11-12H,1-8H2,(H,10,13). The fraction of sp³-hybridized carbons (Fsp3) is 0.889. The minimum atomic E-state index is -0.0222. The van der Waals surface area contributed by atoms with Crippen molar-refractivity contribution in [3.63, 3.8) is 0 Å². The van der Waals surface area contributed by atoms with E-state index in [4.69, 9.17) is 14.9 Å². The highest BCUT2D eigenvalue weighted by Crippen LogP contribution is 1.93. The third kappa shape index (κ3) is 9.44. The first-order valence-corrected chi connectivity index (χ1v) is 4.87. The van der Waals surface area contributed by atoms with Gasteiger partial charge in [-0.3, -0.25) is 4.79 Å². The summed E-state index contributed by atoms with van der Waals surface area (Å²) in [5, 5.41) is 19.5. The Kier molecular flexibility index (Phi) is 9.95. The van der Waals surface area contributed by atoms with Crippen LogP contribution in [0.3, 0.4) is 0 Å². The van der Waals surface area contributed by atoms with Crippen LogP contribution in [-0.4, -0.2) is 49.1 Å². The Morgan fingerprint density at radius 1 is 1.14 bits per heavy atom. The topological polar surface area (TPSA) is 78.8 Å². The second kappa shape index (κ2) is 10.4. The van der Waals surface area contributed by atoms with Crippen molar-refractivity contribution in [3.8, 4) is 0 Å². The van der Waals surface area contributed by atoms with E-state index in [2.05, 4.69) is 5.32 Å². The molecular formula is C9H19NO4. The normalized spacial score (nSPS) is 10.1. The van der Waals surface area contributed by atoms with Crippen molar-refractivity contribution >= 4 is 5.91 Å². The number of ether oxygens (including phenoxy) is 1. The van der Waals surface area contributed by atoms with Gasteiger partial charge in [0.2, 0.25) is 5.91 Å². The molecule has 5 nitrogen and oxygen atoms in total. The van der Waals surface area contributed by atoms with E-state index in [0.717, 1.165) is 0 Å². The van der Waals surface area contributed by atoms with Crippen LogP contribution in [0.25, 0.3) is 0 Å². The maximum Gasteiger partial charge on any atom is 0.220 e. The number of hydrogen-bond acceptors (Lipinski definition) is 4. The van der Waals surface area contributed by atoms with Crippen LogP contribution >= 0.6 is 0 Å². The fourth-order valence-electron chi connectivity index (χ4n) is 0.915. The summed E-state index contributed by atoms with van der Waals surface area (Å²) in [5.74, 6) is -0.0222. The van der Waals surface area contributed by atoms with Crippen molar-refractivity contribution in [3.05, 3.63) is 0 Å². The van der Waals surface area contributed by atoms with Crippen LogP contribution in [0.15, 0.2) is 0 Å². The van der Waals surface area contributed by atoms with Crippen molar-refractivity contribution in [2.45, 2.75) is 19.3 Å². The molecule has 0 aromatic carbocycles. The molecular weight excluding hydrogens is 186 g/mol. The number of unbranched alkanes of at least 4 members (excludes halogenated alkanes) is 1. The number of carbonyl (C=O) groups is 1. The van der Waals surface area contributed by atoms with Gasteiger partial charge in [-0.15, -0.1) is 0 Å². The van der Waals surface area contributed by atoms with E-state index in [9.17, 15) is 4.79 Å². The lowest BCUT2D eigenvalue weighted by molar-refractivity contribution is -0.121. The largest absolute Gasteiger partial charge is 0.396 e. The van der Waals surface area contributed by atoms with Crippen molar-refractivity contribution in [2.75, 3.05) is 33.0 Å². The molecule has 0 saturated carbocycles. The molecule has 0 atom stereocenters. The van der Waals surface area contributed by atoms with Gasteiger partial charge in [-0.1, -0.05) is 0 Å². The molecule has 0 radical (unpaired) electrons. The molecule has 0 aliphatic rings. The summed E-state index contributed by atoms with van der Waals surface area (Å²) < 4.78 is 4.95. The number of amides is 1. The molecule has 0 aliphatic carbocycles. The highest BCUT2D eigenvalue weighted by Gasteiger charge is 1.99. The zero-order chi connectivity index (χ0) is 10.6. The molecule has 0 bridgehead atoms. The van der Waals surface area contributed by atoms with Crippen molar-refractivity contribution in [1.29, 1.82) is 0 Å². The lowest BCUT2D eigenvalue weighted by Gasteiger charge is -2.04. The first-order chi connectivity index (χ1) is 6.81. The highest BCUT2D eigenvalue weighted by atomic mass is 16.5. The Morgan fingerprint density at radius 3 is 2.57 bits per heavy atom. The van der Waals surface area contributed by atoms with Crippen LogP contribution in [0.4, 0.5) is 0 Å². The van der Waals surface area contributed by atoms with E-state index in [1.54, 1.807) is 0 Å². The highest BCUT2D eigenvalue weighted by molar-refractivity contribution is 5.75. The Morgan fingerprint density at radius 2 is 1.93 bits per heavy atom. The summed E-state index contributed by atoms with van der Waals surface area (Å²) in [4.78, 5) is 11.1. The smallest absolute Gasteiger partial charge is 0.220 e. The molecule has 0 spiro atoms. The molecule has 14 heavy (non-hydrogen) atoms. The lowest BCUT2D eigenvalue weighted by Crippen LogP contribution is -2.27. The van der Waals surface area contributed by atoms with Gasteiger partial charge in [-0.05, 0) is 12.8 Å². The number of rotatable bonds is 9. The Balaban J connectivity index is 3.10. The van der Waals surface area contributed by atoms with Gasteiger partial charge >= 0.3 is 0 Å². The van der Waals surface area contributed by atoms with Crippen LogP contribution in [0.1, 0.15) is 19.3 Å². The van der Waals surface area contributed by atoms with Gasteiger partial charge < -0.3 is 20.3 Å². The van der Waals surface area contributed by atoms with E-state index >= 15 is 0 Å². The van der Waals surface area contributed by atoms with Crippen LogP contribution in [0, 0.1) is 0 Å². The Labute approximate surface area is 84.1 Å². The summed E-state index contributed by atoms with van der Waals surface area (Å²) in [5.41, 5.74) is 0. The molecule has 0 unspecified atom stereocenters. The molecule has 3 N–H and O–H groups in total. The zero-order valence-corrected chi connectivity index (χ0v) is 8.37.